The minimum absolute atomic E-state index is 0.00355. The lowest BCUT2D eigenvalue weighted by Crippen LogP contribution is -2.60. The molecular formula is C26H30O13. The topological polar surface area (TPSA) is 202 Å². The second-order valence-electron chi connectivity index (χ2n) is 9.18. The lowest BCUT2D eigenvalue weighted by Gasteiger charge is -2.43. The first kappa shape index (κ1) is 28.7. The van der Waals surface area contributed by atoms with Gasteiger partial charge < -0.3 is 54.3 Å². The molecule has 13 nitrogen and oxygen atoms in total. The van der Waals surface area contributed by atoms with E-state index in [1.807, 2.05) is 0 Å². The molecule has 212 valence electrons. The molecule has 6 N–H and O–H groups in total. The fourth-order valence-corrected chi connectivity index (χ4v) is 4.80. The van der Waals surface area contributed by atoms with Crippen LogP contribution in [0.25, 0.3) is 6.08 Å². The van der Waals surface area contributed by atoms with Crippen LogP contribution in [0.1, 0.15) is 5.56 Å². The standard InChI is InChI=1S/C26H30O13/c1-35-24(34)15-11-36-25(39-26-23(33)22(32)21(31)17(10-28)38-26)19-13(9-27)8-16(20(15)19)37-18(30)7-4-12-2-5-14(29)6-3-12/h2-8,11,16-17,19-23,25-29,31-33H,9-10H2,1H3/t16-,17-,19-,20+,21-,22+,23-,25+,26+/m1/s1. The van der Waals surface area contributed by atoms with Crippen LogP contribution in [0.2, 0.25) is 0 Å². The minimum atomic E-state index is -1.72. The molecule has 39 heavy (non-hydrogen) atoms. The van der Waals surface area contributed by atoms with Gasteiger partial charge in [0.1, 0.15) is 36.3 Å². The first-order valence-electron chi connectivity index (χ1n) is 12.1. The van der Waals surface area contributed by atoms with E-state index >= 15 is 0 Å². The normalized spacial score (nSPS) is 34.1. The predicted octanol–water partition coefficient (Wildman–Crippen LogP) is -1.29. The van der Waals surface area contributed by atoms with Crippen LogP contribution in [0.4, 0.5) is 0 Å². The van der Waals surface area contributed by atoms with E-state index in [1.165, 1.54) is 24.3 Å². The van der Waals surface area contributed by atoms with Gasteiger partial charge in [-0.1, -0.05) is 12.1 Å². The number of methoxy groups -OCH3 is 1. The van der Waals surface area contributed by atoms with Crippen molar-refractivity contribution in [1.82, 2.24) is 0 Å². The number of carbonyl (C=O) groups is 2. The van der Waals surface area contributed by atoms with Gasteiger partial charge in [-0.15, -0.1) is 0 Å². The Balaban J connectivity index is 1.56. The van der Waals surface area contributed by atoms with E-state index in [9.17, 15) is 40.2 Å². The Morgan fingerprint density at radius 1 is 1.00 bits per heavy atom. The third kappa shape index (κ3) is 5.99. The molecular weight excluding hydrogens is 520 g/mol. The van der Waals surface area contributed by atoms with E-state index in [0.717, 1.165) is 19.4 Å². The summed E-state index contributed by atoms with van der Waals surface area (Å²) in [5, 5.41) is 59.5. The third-order valence-electron chi connectivity index (χ3n) is 6.81. The monoisotopic (exact) mass is 550 g/mol. The number of carbonyl (C=O) groups excluding carboxylic acids is 2. The van der Waals surface area contributed by atoms with Crippen molar-refractivity contribution < 1.29 is 63.9 Å². The fraction of sp³-hybridized carbons (Fsp3) is 0.462. The molecule has 0 aromatic heterocycles. The second-order valence-corrected chi connectivity index (χ2v) is 9.18. The van der Waals surface area contributed by atoms with Gasteiger partial charge in [-0.25, -0.2) is 9.59 Å². The Hall–Kier alpha value is -3.30. The summed E-state index contributed by atoms with van der Waals surface area (Å²) in [6.45, 7) is -1.20. The Labute approximate surface area is 222 Å². The van der Waals surface area contributed by atoms with Crippen molar-refractivity contribution in [3.05, 3.63) is 59.4 Å². The van der Waals surface area contributed by atoms with Gasteiger partial charge in [0.2, 0.25) is 6.29 Å². The number of fused-ring (bicyclic) bond motifs is 1. The molecule has 3 aliphatic rings. The van der Waals surface area contributed by atoms with Gasteiger partial charge >= 0.3 is 11.9 Å². The number of aliphatic hydroxyl groups excluding tert-OH is 5. The van der Waals surface area contributed by atoms with Crippen LogP contribution in [0.15, 0.2) is 53.8 Å². The summed E-state index contributed by atoms with van der Waals surface area (Å²) < 4.78 is 27.2. The fourth-order valence-electron chi connectivity index (χ4n) is 4.80. The molecule has 1 aliphatic carbocycles. The van der Waals surface area contributed by atoms with E-state index < -0.39 is 80.1 Å². The van der Waals surface area contributed by atoms with Crippen LogP contribution in [-0.4, -0.2) is 106 Å². The first-order valence-corrected chi connectivity index (χ1v) is 12.1. The molecule has 0 amide bonds. The van der Waals surface area contributed by atoms with Gasteiger partial charge in [-0.3, -0.25) is 0 Å². The molecule has 0 unspecified atom stereocenters. The number of aliphatic hydroxyl groups is 5. The Kier molecular flexibility index (Phi) is 9.02. The maximum absolute atomic E-state index is 12.7. The molecule has 2 heterocycles. The lowest BCUT2D eigenvalue weighted by molar-refractivity contribution is -0.340. The van der Waals surface area contributed by atoms with Crippen molar-refractivity contribution in [1.29, 1.82) is 0 Å². The van der Waals surface area contributed by atoms with Crippen LogP contribution in [-0.2, 0) is 33.3 Å². The number of phenolic OH excluding ortho intramolecular Hbond substituents is 1. The highest BCUT2D eigenvalue weighted by molar-refractivity contribution is 5.90. The minimum Gasteiger partial charge on any atom is -0.508 e. The molecule has 0 radical (unpaired) electrons. The largest absolute Gasteiger partial charge is 0.508 e. The lowest BCUT2D eigenvalue weighted by atomic mass is 9.82. The number of hydrogen-bond acceptors (Lipinski definition) is 13. The van der Waals surface area contributed by atoms with Crippen molar-refractivity contribution >= 4 is 18.0 Å². The van der Waals surface area contributed by atoms with Gasteiger partial charge in [0.15, 0.2) is 6.29 Å². The molecule has 1 saturated heterocycles. The zero-order valence-electron chi connectivity index (χ0n) is 20.8. The number of esters is 2. The second kappa shape index (κ2) is 12.3. The summed E-state index contributed by atoms with van der Waals surface area (Å²) in [6.07, 6.45) is -5.04. The molecule has 0 spiro atoms. The van der Waals surface area contributed by atoms with Crippen molar-refractivity contribution in [2.75, 3.05) is 20.3 Å². The molecule has 1 aromatic rings. The summed E-state index contributed by atoms with van der Waals surface area (Å²) >= 11 is 0. The number of hydrogen-bond donors (Lipinski definition) is 6. The molecule has 2 aliphatic heterocycles. The van der Waals surface area contributed by atoms with Crippen molar-refractivity contribution in [3.8, 4) is 5.75 Å². The predicted molar refractivity (Wildman–Crippen MR) is 129 cm³/mol. The SMILES string of the molecule is COC(=O)C1=CO[C@@H](O[C@@H]2O[C@H](CO)[C@@H](O)[C@H](O)[C@H]2O)[C@@H]2C(CO)=C[C@@H](OC(=O)C=Cc3ccc(O)cc3)[C@H]12. The third-order valence-corrected chi connectivity index (χ3v) is 6.81. The molecule has 1 fully saturated rings. The van der Waals surface area contributed by atoms with Crippen molar-refractivity contribution in [3.63, 3.8) is 0 Å². The number of aromatic hydroxyl groups is 1. The number of phenols is 1. The maximum atomic E-state index is 12.7. The van der Waals surface area contributed by atoms with Crippen LogP contribution in [0.5, 0.6) is 5.75 Å². The molecule has 0 saturated carbocycles. The maximum Gasteiger partial charge on any atom is 0.337 e. The highest BCUT2D eigenvalue weighted by atomic mass is 16.8. The summed E-state index contributed by atoms with van der Waals surface area (Å²) in [7, 11) is 1.16. The quantitative estimate of drug-likeness (QED) is 0.127. The molecule has 9 atom stereocenters. The number of rotatable bonds is 8. The Morgan fingerprint density at radius 3 is 2.36 bits per heavy atom. The van der Waals surface area contributed by atoms with E-state index in [2.05, 4.69) is 0 Å². The smallest absolute Gasteiger partial charge is 0.337 e. The average Bonchev–Trinajstić information content (AvgIpc) is 3.31. The van der Waals surface area contributed by atoms with Crippen LogP contribution < -0.4 is 0 Å². The first-order chi connectivity index (χ1) is 18.7. The van der Waals surface area contributed by atoms with Crippen LogP contribution in [0.3, 0.4) is 0 Å². The van der Waals surface area contributed by atoms with E-state index in [4.69, 9.17) is 23.7 Å². The van der Waals surface area contributed by atoms with Gasteiger partial charge in [0, 0.05) is 12.0 Å². The van der Waals surface area contributed by atoms with E-state index in [-0.39, 0.29) is 11.3 Å². The highest BCUT2D eigenvalue weighted by Gasteiger charge is 2.53. The zero-order chi connectivity index (χ0) is 28.3. The average molecular weight is 551 g/mol. The van der Waals surface area contributed by atoms with Crippen molar-refractivity contribution in [2.24, 2.45) is 11.8 Å². The van der Waals surface area contributed by atoms with E-state index in [0.29, 0.717) is 11.1 Å². The summed E-state index contributed by atoms with van der Waals surface area (Å²) in [5.41, 5.74) is 0.912. The van der Waals surface area contributed by atoms with Crippen LogP contribution >= 0.6 is 0 Å². The highest BCUT2D eigenvalue weighted by Crippen LogP contribution is 2.45. The molecule has 1 aromatic carbocycles. The number of benzene rings is 1. The molecule has 4 rings (SSSR count). The van der Waals surface area contributed by atoms with Gasteiger partial charge in [-0.2, -0.15) is 0 Å². The summed E-state index contributed by atoms with van der Waals surface area (Å²) in [5.74, 6) is -3.31. The Morgan fingerprint density at radius 2 is 1.72 bits per heavy atom. The zero-order valence-corrected chi connectivity index (χ0v) is 20.8. The summed E-state index contributed by atoms with van der Waals surface area (Å²) in [6, 6.07) is 6.08. The van der Waals surface area contributed by atoms with Crippen LogP contribution in [0, 0.1) is 11.8 Å². The van der Waals surface area contributed by atoms with Crippen molar-refractivity contribution in [2.45, 2.75) is 43.1 Å². The Bertz CT molecular complexity index is 1130. The molecule has 13 heteroatoms. The van der Waals surface area contributed by atoms with Gasteiger partial charge in [-0.05, 0) is 35.4 Å². The van der Waals surface area contributed by atoms with Gasteiger partial charge in [0.05, 0.1) is 38.1 Å². The van der Waals surface area contributed by atoms with E-state index in [1.54, 1.807) is 12.1 Å². The van der Waals surface area contributed by atoms with Gasteiger partial charge in [0.25, 0.3) is 0 Å². The summed E-state index contributed by atoms with van der Waals surface area (Å²) in [4.78, 5) is 25.2. The number of ether oxygens (including phenoxy) is 5. The molecule has 0 bridgehead atoms.